The minimum atomic E-state index is -0.741. The van der Waals surface area contributed by atoms with Gasteiger partial charge in [0.15, 0.2) is 5.79 Å². The highest BCUT2D eigenvalue weighted by Crippen LogP contribution is 2.47. The van der Waals surface area contributed by atoms with Crippen LogP contribution in [0.3, 0.4) is 0 Å². The van der Waals surface area contributed by atoms with E-state index in [-0.39, 0.29) is 6.10 Å². The fourth-order valence-corrected chi connectivity index (χ4v) is 4.60. The minimum Gasteiger partial charge on any atom is -0.387 e. The number of aliphatic hydroxyl groups is 1. The summed E-state index contributed by atoms with van der Waals surface area (Å²) in [5.41, 5.74) is 3.04. The Bertz CT molecular complexity index is 994. The second-order valence-electron chi connectivity index (χ2n) is 8.09. The van der Waals surface area contributed by atoms with Gasteiger partial charge in [-0.2, -0.15) is 0 Å². The number of aliphatic hydroxyl groups excluding tert-OH is 1. The molecule has 1 aromatic heterocycles. The van der Waals surface area contributed by atoms with Crippen LogP contribution >= 0.6 is 15.9 Å². The number of rotatable bonds is 6. The molecule has 5 rings (SSSR count). The molecular weight excluding hydrogens is 446 g/mol. The molecule has 0 unspecified atom stereocenters. The molecule has 3 aromatic rings. The predicted octanol–water partition coefficient (Wildman–Crippen LogP) is 4.03. The van der Waals surface area contributed by atoms with Crippen LogP contribution in [0.4, 0.5) is 0 Å². The van der Waals surface area contributed by atoms with Gasteiger partial charge in [-0.25, -0.2) is 4.68 Å². The zero-order valence-electron chi connectivity index (χ0n) is 16.5. The first-order valence-electron chi connectivity index (χ1n) is 10.3. The minimum absolute atomic E-state index is 0.229. The Morgan fingerprint density at radius 2 is 1.87 bits per heavy atom. The molecule has 2 fully saturated rings. The highest BCUT2D eigenvalue weighted by molar-refractivity contribution is 9.10. The number of benzene rings is 2. The molecule has 0 amide bonds. The fraction of sp³-hybridized carbons (Fsp3) is 0.391. The zero-order chi connectivity index (χ0) is 20.6. The van der Waals surface area contributed by atoms with Crippen LogP contribution in [0.2, 0.25) is 0 Å². The van der Waals surface area contributed by atoms with Gasteiger partial charge in [0.1, 0.15) is 17.9 Å². The highest BCUT2D eigenvalue weighted by atomic mass is 79.9. The number of aryl methyl sites for hydroxylation is 1. The first-order chi connectivity index (χ1) is 14.6. The summed E-state index contributed by atoms with van der Waals surface area (Å²) >= 11 is 3.48. The van der Waals surface area contributed by atoms with Gasteiger partial charge in [-0.15, -0.1) is 5.10 Å². The van der Waals surface area contributed by atoms with Crippen molar-refractivity contribution in [1.82, 2.24) is 15.0 Å². The second-order valence-corrected chi connectivity index (χ2v) is 9.00. The molecule has 0 saturated carbocycles. The molecule has 2 aromatic carbocycles. The number of nitrogens with zero attached hydrogens (tertiary/aromatic N) is 3. The lowest BCUT2D eigenvalue weighted by Crippen LogP contribution is -2.47. The van der Waals surface area contributed by atoms with Crippen molar-refractivity contribution in [3.05, 3.63) is 82.1 Å². The second kappa shape index (κ2) is 8.23. The van der Waals surface area contributed by atoms with Crippen molar-refractivity contribution in [3.8, 4) is 0 Å². The first-order valence-corrected chi connectivity index (χ1v) is 11.1. The number of ether oxygens (including phenoxy) is 2. The predicted molar refractivity (Wildman–Crippen MR) is 115 cm³/mol. The SMILES string of the molecule is O[C@@H]1[C@H]2CC[C@@](CCc3ccc(Br)cc3)(O2)O[C@H]1c1cn(Cc2ccccc2)nn1. The largest absolute Gasteiger partial charge is 0.387 e. The molecule has 0 aliphatic carbocycles. The van der Waals surface area contributed by atoms with Crippen molar-refractivity contribution in [3.63, 3.8) is 0 Å². The van der Waals surface area contributed by atoms with E-state index in [4.69, 9.17) is 9.47 Å². The lowest BCUT2D eigenvalue weighted by atomic mass is 10.0. The van der Waals surface area contributed by atoms with Crippen molar-refractivity contribution >= 4 is 15.9 Å². The standard InChI is InChI=1S/C23H24BrN3O3/c24-18-8-6-16(7-9-18)10-12-23-13-11-20(29-23)21(28)22(30-23)19-15-27(26-25-19)14-17-4-2-1-3-5-17/h1-9,15,20-22,28H,10-14H2/t20-,21-,22+,23+/m1/s1. The maximum Gasteiger partial charge on any atom is 0.170 e. The zero-order valence-corrected chi connectivity index (χ0v) is 18.1. The average molecular weight is 470 g/mol. The maximum absolute atomic E-state index is 10.8. The molecule has 7 heteroatoms. The van der Waals surface area contributed by atoms with E-state index < -0.39 is 18.0 Å². The fourth-order valence-electron chi connectivity index (χ4n) is 4.33. The van der Waals surface area contributed by atoms with E-state index in [1.807, 2.05) is 36.5 Å². The van der Waals surface area contributed by atoms with E-state index >= 15 is 0 Å². The molecule has 2 aliphatic heterocycles. The topological polar surface area (TPSA) is 69.4 Å². The lowest BCUT2D eigenvalue weighted by molar-refractivity contribution is -0.323. The van der Waals surface area contributed by atoms with E-state index in [1.54, 1.807) is 4.68 Å². The van der Waals surface area contributed by atoms with Crippen molar-refractivity contribution in [2.45, 2.75) is 56.3 Å². The number of aromatic nitrogens is 3. The number of hydrogen-bond acceptors (Lipinski definition) is 5. The maximum atomic E-state index is 10.8. The normalized spacial score (nSPS) is 28.0. The van der Waals surface area contributed by atoms with E-state index in [0.29, 0.717) is 12.2 Å². The summed E-state index contributed by atoms with van der Waals surface area (Å²) in [6, 6.07) is 18.4. The Kier molecular flexibility index (Phi) is 5.45. The van der Waals surface area contributed by atoms with Crippen LogP contribution in [0.15, 0.2) is 65.3 Å². The molecule has 156 valence electrons. The molecular formula is C23H24BrN3O3. The van der Waals surface area contributed by atoms with Gasteiger partial charge < -0.3 is 14.6 Å². The Labute approximate surface area is 184 Å². The van der Waals surface area contributed by atoms with Crippen LogP contribution in [-0.4, -0.2) is 38.1 Å². The summed E-state index contributed by atoms with van der Waals surface area (Å²) in [5, 5.41) is 19.4. The van der Waals surface area contributed by atoms with Gasteiger partial charge in [0.2, 0.25) is 0 Å². The smallest absolute Gasteiger partial charge is 0.170 e. The monoisotopic (exact) mass is 469 g/mol. The van der Waals surface area contributed by atoms with Gasteiger partial charge in [-0.05, 0) is 36.1 Å². The summed E-state index contributed by atoms with van der Waals surface area (Å²) in [7, 11) is 0. The Hall–Kier alpha value is -2.06. The summed E-state index contributed by atoms with van der Waals surface area (Å²) in [4.78, 5) is 0. The van der Waals surface area contributed by atoms with E-state index in [1.165, 1.54) is 5.56 Å². The van der Waals surface area contributed by atoms with Crippen LogP contribution in [0.1, 0.15) is 42.2 Å². The van der Waals surface area contributed by atoms with E-state index in [2.05, 4.69) is 50.5 Å². The number of hydrogen-bond donors (Lipinski definition) is 1. The molecule has 4 atom stereocenters. The Morgan fingerprint density at radius 3 is 2.67 bits per heavy atom. The van der Waals surface area contributed by atoms with Crippen LogP contribution in [0.5, 0.6) is 0 Å². The van der Waals surface area contributed by atoms with Gasteiger partial charge >= 0.3 is 0 Å². The molecule has 30 heavy (non-hydrogen) atoms. The molecule has 6 nitrogen and oxygen atoms in total. The molecule has 0 radical (unpaired) electrons. The van der Waals surface area contributed by atoms with Crippen molar-refractivity contribution < 1.29 is 14.6 Å². The van der Waals surface area contributed by atoms with E-state index in [0.717, 1.165) is 35.7 Å². The van der Waals surface area contributed by atoms with Crippen LogP contribution in [0.25, 0.3) is 0 Å². The van der Waals surface area contributed by atoms with Gasteiger partial charge in [-0.1, -0.05) is 63.6 Å². The first kappa shape index (κ1) is 19.9. The van der Waals surface area contributed by atoms with Crippen LogP contribution in [-0.2, 0) is 22.4 Å². The molecule has 2 aliphatic rings. The van der Waals surface area contributed by atoms with Crippen LogP contribution < -0.4 is 0 Å². The molecule has 2 bridgehead atoms. The third-order valence-corrected chi connectivity index (χ3v) is 6.48. The summed E-state index contributed by atoms with van der Waals surface area (Å²) in [6.07, 6.45) is 3.53. The number of fused-ring (bicyclic) bond motifs is 2. The Morgan fingerprint density at radius 1 is 1.07 bits per heavy atom. The number of halogens is 1. The Balaban J connectivity index is 1.30. The molecule has 3 heterocycles. The highest BCUT2D eigenvalue weighted by Gasteiger charge is 2.53. The third kappa shape index (κ3) is 4.07. The summed E-state index contributed by atoms with van der Waals surface area (Å²) in [6.45, 7) is 0.630. The molecule has 1 N–H and O–H groups in total. The van der Waals surface area contributed by atoms with Gasteiger partial charge in [0.25, 0.3) is 0 Å². The van der Waals surface area contributed by atoms with E-state index in [9.17, 15) is 5.11 Å². The summed E-state index contributed by atoms with van der Waals surface area (Å²) in [5.74, 6) is -0.676. The van der Waals surface area contributed by atoms with Crippen molar-refractivity contribution in [2.75, 3.05) is 0 Å². The van der Waals surface area contributed by atoms with Gasteiger partial charge in [0.05, 0.1) is 18.8 Å². The van der Waals surface area contributed by atoms with Crippen LogP contribution in [0, 0.1) is 0 Å². The van der Waals surface area contributed by atoms with Crippen molar-refractivity contribution in [2.24, 2.45) is 0 Å². The van der Waals surface area contributed by atoms with Crippen molar-refractivity contribution in [1.29, 1.82) is 0 Å². The third-order valence-electron chi connectivity index (χ3n) is 5.95. The molecule has 0 spiro atoms. The quantitative estimate of drug-likeness (QED) is 0.589. The lowest BCUT2D eigenvalue weighted by Gasteiger charge is -2.40. The van der Waals surface area contributed by atoms with Gasteiger partial charge in [0, 0.05) is 17.3 Å². The summed E-state index contributed by atoms with van der Waals surface area (Å²) < 4.78 is 15.4. The molecule has 2 saturated heterocycles. The van der Waals surface area contributed by atoms with Gasteiger partial charge in [-0.3, -0.25) is 0 Å². The average Bonchev–Trinajstić information content (AvgIpc) is 3.37.